The third-order valence-electron chi connectivity index (χ3n) is 2.50. The number of carbonyl (C=O) groups is 1. The third-order valence-corrected chi connectivity index (χ3v) is 2.50. The zero-order valence-electron chi connectivity index (χ0n) is 9.31. The van der Waals surface area contributed by atoms with E-state index in [1.807, 2.05) is 13.8 Å². The molecule has 1 amide bonds. The van der Waals surface area contributed by atoms with E-state index in [1.165, 1.54) is 5.01 Å². The highest BCUT2D eigenvalue weighted by Crippen LogP contribution is 2.22. The molecular weight excluding hydrogens is 194 g/mol. The van der Waals surface area contributed by atoms with Gasteiger partial charge in [-0.1, -0.05) is 13.8 Å². The molecule has 0 aromatic carbocycles. The number of amides is 1. The highest BCUT2D eigenvalue weighted by molar-refractivity contribution is 6.08. The number of β-amino-alcohol motifs (C(OH)–C–C–N with tert-alkyl or cyclic N) is 1. The molecule has 0 saturated heterocycles. The predicted molar refractivity (Wildman–Crippen MR) is 58.2 cm³/mol. The number of hydrogen-bond donors (Lipinski definition) is 2. The van der Waals surface area contributed by atoms with Gasteiger partial charge in [-0.2, -0.15) is 5.10 Å². The van der Waals surface area contributed by atoms with Crippen LogP contribution in [0.25, 0.3) is 0 Å². The number of aliphatic hydroxyl groups is 1. The molecule has 0 bridgehead atoms. The molecule has 1 atom stereocenters. The molecule has 3 N–H and O–H groups in total. The maximum atomic E-state index is 11.8. The van der Waals surface area contributed by atoms with E-state index in [-0.39, 0.29) is 30.9 Å². The van der Waals surface area contributed by atoms with Crippen molar-refractivity contribution in [1.82, 2.24) is 5.01 Å². The smallest absolute Gasteiger partial charge is 0.251 e. The molecule has 86 valence electrons. The summed E-state index contributed by atoms with van der Waals surface area (Å²) >= 11 is 0. The van der Waals surface area contributed by atoms with Gasteiger partial charge < -0.3 is 10.8 Å². The van der Waals surface area contributed by atoms with Crippen molar-refractivity contribution in [3.05, 3.63) is 0 Å². The standard InChI is InChI=1S/C10H19N3O2/c1-7(2)9-8(3-4-11)10(15)13(12-9)5-6-14/h7-8,14H,3-6,11H2,1-2H3. The first kappa shape index (κ1) is 12.1. The van der Waals surface area contributed by atoms with E-state index in [9.17, 15) is 4.79 Å². The highest BCUT2D eigenvalue weighted by atomic mass is 16.3. The molecule has 1 unspecified atom stereocenters. The predicted octanol–water partition coefficient (Wildman–Crippen LogP) is -0.202. The second kappa shape index (κ2) is 5.23. The van der Waals surface area contributed by atoms with Crippen molar-refractivity contribution in [3.63, 3.8) is 0 Å². The Morgan fingerprint density at radius 1 is 1.60 bits per heavy atom. The number of hydrazone groups is 1. The number of nitrogens with two attached hydrogens (primary N) is 1. The quantitative estimate of drug-likeness (QED) is 0.663. The summed E-state index contributed by atoms with van der Waals surface area (Å²) in [6, 6.07) is 0. The summed E-state index contributed by atoms with van der Waals surface area (Å²) in [6.45, 7) is 4.72. The van der Waals surface area contributed by atoms with Crippen LogP contribution in [0.5, 0.6) is 0 Å². The van der Waals surface area contributed by atoms with Gasteiger partial charge in [0.1, 0.15) is 0 Å². The summed E-state index contributed by atoms with van der Waals surface area (Å²) in [5.41, 5.74) is 6.37. The minimum Gasteiger partial charge on any atom is -0.394 e. The lowest BCUT2D eigenvalue weighted by Crippen LogP contribution is -2.31. The SMILES string of the molecule is CC(C)C1=NN(CCO)C(=O)C1CCN. The molecule has 0 spiro atoms. The van der Waals surface area contributed by atoms with Gasteiger partial charge in [0.25, 0.3) is 5.91 Å². The largest absolute Gasteiger partial charge is 0.394 e. The van der Waals surface area contributed by atoms with Crippen molar-refractivity contribution in [2.45, 2.75) is 20.3 Å². The Kier molecular flexibility index (Phi) is 4.23. The first-order valence-electron chi connectivity index (χ1n) is 5.32. The number of hydrogen-bond acceptors (Lipinski definition) is 4. The number of rotatable bonds is 5. The zero-order valence-corrected chi connectivity index (χ0v) is 9.31. The van der Waals surface area contributed by atoms with Gasteiger partial charge in [-0.3, -0.25) is 4.79 Å². The van der Waals surface area contributed by atoms with Crippen molar-refractivity contribution >= 4 is 11.6 Å². The van der Waals surface area contributed by atoms with Crippen molar-refractivity contribution in [2.75, 3.05) is 19.7 Å². The molecule has 5 heteroatoms. The zero-order chi connectivity index (χ0) is 11.4. The van der Waals surface area contributed by atoms with Gasteiger partial charge in [0.15, 0.2) is 0 Å². The first-order valence-corrected chi connectivity index (χ1v) is 5.32. The van der Waals surface area contributed by atoms with Crippen LogP contribution in [0.4, 0.5) is 0 Å². The fourth-order valence-corrected chi connectivity index (χ4v) is 1.78. The van der Waals surface area contributed by atoms with Gasteiger partial charge in [0.05, 0.1) is 24.8 Å². The van der Waals surface area contributed by atoms with E-state index in [4.69, 9.17) is 10.8 Å². The van der Waals surface area contributed by atoms with E-state index in [2.05, 4.69) is 5.10 Å². The maximum Gasteiger partial charge on any atom is 0.251 e. The molecule has 1 heterocycles. The normalized spacial score (nSPS) is 21.4. The summed E-state index contributed by atoms with van der Waals surface area (Å²) in [5.74, 6) is 0.0361. The Balaban J connectivity index is 2.79. The van der Waals surface area contributed by atoms with Gasteiger partial charge in [0, 0.05) is 0 Å². The van der Waals surface area contributed by atoms with Crippen LogP contribution in [0, 0.1) is 11.8 Å². The Morgan fingerprint density at radius 3 is 2.73 bits per heavy atom. The molecule has 1 aliphatic heterocycles. The number of nitrogens with zero attached hydrogens (tertiary/aromatic N) is 2. The molecule has 1 aliphatic rings. The lowest BCUT2D eigenvalue weighted by molar-refractivity contribution is -0.132. The molecule has 0 aromatic rings. The van der Waals surface area contributed by atoms with Gasteiger partial charge in [-0.25, -0.2) is 5.01 Å². The Hall–Kier alpha value is -0.940. The van der Waals surface area contributed by atoms with Gasteiger partial charge in [-0.15, -0.1) is 0 Å². The summed E-state index contributed by atoms with van der Waals surface area (Å²) in [4.78, 5) is 11.8. The number of aliphatic hydroxyl groups excluding tert-OH is 1. The molecule has 0 fully saturated rings. The van der Waals surface area contributed by atoms with Crippen LogP contribution in [-0.2, 0) is 4.79 Å². The van der Waals surface area contributed by atoms with E-state index >= 15 is 0 Å². The Bertz CT molecular complexity index is 263. The number of carbonyl (C=O) groups excluding carboxylic acids is 1. The van der Waals surface area contributed by atoms with Crippen molar-refractivity contribution in [2.24, 2.45) is 22.7 Å². The van der Waals surface area contributed by atoms with E-state index in [0.717, 1.165) is 5.71 Å². The van der Waals surface area contributed by atoms with E-state index in [0.29, 0.717) is 13.0 Å². The van der Waals surface area contributed by atoms with Gasteiger partial charge in [-0.05, 0) is 18.9 Å². The first-order chi connectivity index (χ1) is 7.11. The lowest BCUT2D eigenvalue weighted by atomic mass is 9.92. The van der Waals surface area contributed by atoms with Crippen LogP contribution in [0.1, 0.15) is 20.3 Å². The van der Waals surface area contributed by atoms with E-state index < -0.39 is 0 Å². The molecule has 0 aromatic heterocycles. The summed E-state index contributed by atoms with van der Waals surface area (Å²) in [7, 11) is 0. The summed E-state index contributed by atoms with van der Waals surface area (Å²) < 4.78 is 0. The average molecular weight is 213 g/mol. The molecule has 15 heavy (non-hydrogen) atoms. The molecule has 1 rings (SSSR count). The molecule has 0 aliphatic carbocycles. The van der Waals surface area contributed by atoms with Gasteiger partial charge in [0.2, 0.25) is 0 Å². The third kappa shape index (κ3) is 2.54. The van der Waals surface area contributed by atoms with Crippen LogP contribution in [0.2, 0.25) is 0 Å². The van der Waals surface area contributed by atoms with Crippen LogP contribution in [-0.4, -0.2) is 41.4 Å². The second-order valence-electron chi connectivity index (χ2n) is 3.99. The van der Waals surface area contributed by atoms with Crippen molar-refractivity contribution < 1.29 is 9.90 Å². The molecular formula is C10H19N3O2. The average Bonchev–Trinajstić information content (AvgIpc) is 2.48. The Morgan fingerprint density at radius 2 is 2.27 bits per heavy atom. The summed E-state index contributed by atoms with van der Waals surface area (Å²) in [5, 5.41) is 14.4. The van der Waals surface area contributed by atoms with Gasteiger partial charge >= 0.3 is 0 Å². The molecule has 5 nitrogen and oxygen atoms in total. The highest BCUT2D eigenvalue weighted by Gasteiger charge is 2.35. The van der Waals surface area contributed by atoms with E-state index in [1.54, 1.807) is 0 Å². The van der Waals surface area contributed by atoms with Crippen LogP contribution in [0.15, 0.2) is 5.10 Å². The van der Waals surface area contributed by atoms with Crippen LogP contribution < -0.4 is 5.73 Å². The Labute approximate surface area is 89.9 Å². The van der Waals surface area contributed by atoms with Crippen LogP contribution in [0.3, 0.4) is 0 Å². The fraction of sp³-hybridized carbons (Fsp3) is 0.800. The second-order valence-corrected chi connectivity index (χ2v) is 3.99. The van der Waals surface area contributed by atoms with Crippen molar-refractivity contribution in [3.8, 4) is 0 Å². The van der Waals surface area contributed by atoms with Crippen molar-refractivity contribution in [1.29, 1.82) is 0 Å². The minimum absolute atomic E-state index is 0.0294. The monoisotopic (exact) mass is 213 g/mol. The topological polar surface area (TPSA) is 78.9 Å². The molecule has 0 saturated carbocycles. The fourth-order valence-electron chi connectivity index (χ4n) is 1.78. The molecule has 0 radical (unpaired) electrons. The maximum absolute atomic E-state index is 11.8. The van der Waals surface area contributed by atoms with Crippen LogP contribution >= 0.6 is 0 Å². The minimum atomic E-state index is -0.179. The summed E-state index contributed by atoms with van der Waals surface area (Å²) in [6.07, 6.45) is 0.637. The lowest BCUT2D eigenvalue weighted by Gasteiger charge is -2.13.